The van der Waals surface area contributed by atoms with E-state index in [1.54, 1.807) is 36.3 Å². The molecule has 0 saturated carbocycles. The van der Waals surface area contributed by atoms with E-state index < -0.39 is 6.04 Å². The number of nitrogens with zero attached hydrogens (tertiary/aromatic N) is 1. The smallest absolute Gasteiger partial charge is 0.290 e. The van der Waals surface area contributed by atoms with E-state index in [4.69, 9.17) is 13.9 Å². The molecule has 4 rings (SSSR count). The molecule has 0 N–H and O–H groups in total. The van der Waals surface area contributed by atoms with Gasteiger partial charge in [-0.2, -0.15) is 0 Å². The van der Waals surface area contributed by atoms with Gasteiger partial charge < -0.3 is 18.8 Å². The SMILES string of the molecule is CCCCN1C(=O)c2oc3ccccc3c(=O)c2C1c1ccc(OCC(C)C)c(OC)c1. The zero-order valence-corrected chi connectivity index (χ0v) is 19.0. The molecule has 1 atom stereocenters. The molecule has 6 nitrogen and oxygen atoms in total. The van der Waals surface area contributed by atoms with Gasteiger partial charge in [-0.25, -0.2) is 0 Å². The van der Waals surface area contributed by atoms with Crippen LogP contribution in [0.2, 0.25) is 0 Å². The first-order valence-corrected chi connectivity index (χ1v) is 11.1. The Morgan fingerprint density at radius 1 is 1.09 bits per heavy atom. The molecule has 2 aromatic carbocycles. The number of carbonyl (C=O) groups excluding carboxylic acids is 1. The highest BCUT2D eigenvalue weighted by atomic mass is 16.5. The summed E-state index contributed by atoms with van der Waals surface area (Å²) in [6.45, 7) is 7.34. The Morgan fingerprint density at radius 3 is 2.59 bits per heavy atom. The van der Waals surface area contributed by atoms with Crippen molar-refractivity contribution in [3.8, 4) is 11.5 Å². The van der Waals surface area contributed by atoms with Gasteiger partial charge >= 0.3 is 0 Å². The second-order valence-corrected chi connectivity index (χ2v) is 8.54. The summed E-state index contributed by atoms with van der Waals surface area (Å²) < 4.78 is 17.4. The first-order chi connectivity index (χ1) is 15.5. The van der Waals surface area contributed by atoms with Crippen LogP contribution in [-0.4, -0.2) is 31.1 Å². The van der Waals surface area contributed by atoms with E-state index >= 15 is 0 Å². The zero-order chi connectivity index (χ0) is 22.8. The van der Waals surface area contributed by atoms with Crippen LogP contribution < -0.4 is 14.9 Å². The molecule has 1 amide bonds. The summed E-state index contributed by atoms with van der Waals surface area (Å²) in [6, 6.07) is 12.1. The van der Waals surface area contributed by atoms with Crippen LogP contribution in [0, 0.1) is 5.92 Å². The highest BCUT2D eigenvalue weighted by molar-refractivity contribution is 5.99. The number of methoxy groups -OCH3 is 1. The van der Waals surface area contributed by atoms with Crippen molar-refractivity contribution in [2.75, 3.05) is 20.3 Å². The van der Waals surface area contributed by atoms with Gasteiger partial charge in [0.1, 0.15) is 5.58 Å². The van der Waals surface area contributed by atoms with Crippen molar-refractivity contribution in [2.24, 2.45) is 5.92 Å². The van der Waals surface area contributed by atoms with Crippen LogP contribution in [0.1, 0.15) is 61.3 Å². The van der Waals surface area contributed by atoms with E-state index in [-0.39, 0.29) is 17.1 Å². The van der Waals surface area contributed by atoms with Crippen LogP contribution in [-0.2, 0) is 0 Å². The van der Waals surface area contributed by atoms with Gasteiger partial charge in [0.05, 0.1) is 30.7 Å². The summed E-state index contributed by atoms with van der Waals surface area (Å²) in [6.07, 6.45) is 1.76. The first-order valence-electron chi connectivity index (χ1n) is 11.1. The van der Waals surface area contributed by atoms with E-state index in [0.29, 0.717) is 47.1 Å². The molecule has 1 unspecified atom stereocenters. The predicted molar refractivity (Wildman–Crippen MR) is 124 cm³/mol. The van der Waals surface area contributed by atoms with Crippen LogP contribution in [0.4, 0.5) is 0 Å². The van der Waals surface area contributed by atoms with E-state index in [1.807, 2.05) is 18.2 Å². The molecule has 1 aliphatic heterocycles. The van der Waals surface area contributed by atoms with Crippen LogP contribution in [0.5, 0.6) is 11.5 Å². The Bertz CT molecular complexity index is 1200. The molecule has 1 aromatic heterocycles. The van der Waals surface area contributed by atoms with Crippen molar-refractivity contribution in [3.63, 3.8) is 0 Å². The van der Waals surface area contributed by atoms with Crippen molar-refractivity contribution in [1.29, 1.82) is 0 Å². The Hall–Kier alpha value is -3.28. The number of ether oxygens (including phenoxy) is 2. The molecule has 0 bridgehead atoms. The largest absolute Gasteiger partial charge is 0.493 e. The predicted octanol–water partition coefficient (Wildman–Crippen LogP) is 5.18. The molecule has 0 saturated heterocycles. The number of hydrogen-bond acceptors (Lipinski definition) is 5. The summed E-state index contributed by atoms with van der Waals surface area (Å²) in [4.78, 5) is 28.5. The minimum atomic E-state index is -0.530. The third-order valence-electron chi connectivity index (χ3n) is 5.70. The average molecular weight is 436 g/mol. The first kappa shape index (κ1) is 21.9. The highest BCUT2D eigenvalue weighted by Crippen LogP contribution is 2.41. The molecule has 0 aliphatic carbocycles. The van der Waals surface area contributed by atoms with Crippen molar-refractivity contribution in [1.82, 2.24) is 4.90 Å². The molecular formula is C26H29NO5. The number of carbonyl (C=O) groups is 1. The van der Waals surface area contributed by atoms with Crippen LogP contribution in [0.15, 0.2) is 51.7 Å². The van der Waals surface area contributed by atoms with Gasteiger partial charge in [-0.05, 0) is 42.2 Å². The molecule has 1 aliphatic rings. The second kappa shape index (κ2) is 9.07. The van der Waals surface area contributed by atoms with E-state index in [1.165, 1.54) is 0 Å². The average Bonchev–Trinajstić information content (AvgIpc) is 3.08. The van der Waals surface area contributed by atoms with Gasteiger partial charge in [-0.1, -0.05) is 45.4 Å². The van der Waals surface area contributed by atoms with Crippen molar-refractivity contribution in [2.45, 2.75) is 39.7 Å². The van der Waals surface area contributed by atoms with Crippen LogP contribution >= 0.6 is 0 Å². The molecule has 0 radical (unpaired) electrons. The maximum Gasteiger partial charge on any atom is 0.290 e. The lowest BCUT2D eigenvalue weighted by Crippen LogP contribution is -2.30. The number of hydrogen-bond donors (Lipinski definition) is 0. The van der Waals surface area contributed by atoms with Gasteiger partial charge in [0, 0.05) is 6.54 Å². The van der Waals surface area contributed by atoms with Gasteiger partial charge in [0.2, 0.25) is 5.76 Å². The van der Waals surface area contributed by atoms with Gasteiger partial charge in [0.15, 0.2) is 16.9 Å². The molecule has 0 fully saturated rings. The molecular weight excluding hydrogens is 406 g/mol. The third-order valence-corrected chi connectivity index (χ3v) is 5.70. The Labute approximate surface area is 187 Å². The number of unbranched alkanes of at least 4 members (excludes halogenated alkanes) is 1. The molecule has 3 aromatic rings. The van der Waals surface area contributed by atoms with Crippen molar-refractivity contribution < 1.29 is 18.7 Å². The number of para-hydroxylation sites is 1. The van der Waals surface area contributed by atoms with E-state index in [2.05, 4.69) is 20.8 Å². The fourth-order valence-electron chi connectivity index (χ4n) is 4.10. The van der Waals surface area contributed by atoms with Crippen LogP contribution in [0.25, 0.3) is 11.0 Å². The Balaban J connectivity index is 1.85. The summed E-state index contributed by atoms with van der Waals surface area (Å²) in [7, 11) is 1.59. The quantitative estimate of drug-likeness (QED) is 0.488. The minimum absolute atomic E-state index is 0.133. The molecule has 6 heteroatoms. The normalized spacial score (nSPS) is 15.5. The van der Waals surface area contributed by atoms with Gasteiger partial charge in [-0.15, -0.1) is 0 Å². The Kier molecular flexibility index (Phi) is 6.21. The molecule has 2 heterocycles. The third kappa shape index (κ3) is 3.85. The molecule has 168 valence electrons. The van der Waals surface area contributed by atoms with Crippen molar-refractivity contribution >= 4 is 16.9 Å². The minimum Gasteiger partial charge on any atom is -0.493 e. The lowest BCUT2D eigenvalue weighted by molar-refractivity contribution is 0.0725. The number of rotatable bonds is 8. The number of benzene rings is 2. The molecule has 0 spiro atoms. The lowest BCUT2D eigenvalue weighted by Gasteiger charge is -2.25. The van der Waals surface area contributed by atoms with Crippen LogP contribution in [0.3, 0.4) is 0 Å². The van der Waals surface area contributed by atoms with E-state index in [0.717, 1.165) is 18.4 Å². The fourth-order valence-corrected chi connectivity index (χ4v) is 4.10. The van der Waals surface area contributed by atoms with E-state index in [9.17, 15) is 9.59 Å². The summed E-state index contributed by atoms with van der Waals surface area (Å²) in [5.74, 6) is 1.47. The summed E-state index contributed by atoms with van der Waals surface area (Å²) in [5.41, 5.74) is 1.45. The maximum absolute atomic E-state index is 13.5. The monoisotopic (exact) mass is 435 g/mol. The lowest BCUT2D eigenvalue weighted by atomic mass is 9.98. The topological polar surface area (TPSA) is 69.0 Å². The summed E-state index contributed by atoms with van der Waals surface area (Å²) in [5, 5.41) is 0.477. The maximum atomic E-state index is 13.5. The molecule has 32 heavy (non-hydrogen) atoms. The van der Waals surface area contributed by atoms with Crippen molar-refractivity contribution in [3.05, 3.63) is 69.6 Å². The highest BCUT2D eigenvalue weighted by Gasteiger charge is 2.42. The zero-order valence-electron chi connectivity index (χ0n) is 19.0. The van der Waals surface area contributed by atoms with Gasteiger partial charge in [0.25, 0.3) is 5.91 Å². The fraction of sp³-hybridized carbons (Fsp3) is 0.385. The number of amides is 1. The number of fused-ring (bicyclic) bond motifs is 2. The standard InChI is InChI=1S/C26H29NO5/c1-5-6-13-27-23(17-11-12-20(21(14-17)30-4)31-15-16(2)3)22-24(28)18-9-7-8-10-19(18)32-25(22)26(27)29/h7-12,14,16,23H,5-6,13,15H2,1-4H3. The summed E-state index contributed by atoms with van der Waals surface area (Å²) >= 11 is 0. The Morgan fingerprint density at radius 2 is 1.88 bits per heavy atom. The van der Waals surface area contributed by atoms with Gasteiger partial charge in [-0.3, -0.25) is 9.59 Å². The second-order valence-electron chi connectivity index (χ2n) is 8.54.